The highest BCUT2D eigenvalue weighted by Gasteiger charge is 2.23. The number of ether oxygens (including phenoxy) is 4. The third-order valence-corrected chi connectivity index (χ3v) is 6.95. The van der Waals surface area contributed by atoms with Gasteiger partial charge in [-0.1, -0.05) is 24.3 Å². The molecule has 2 aromatic carbocycles. The minimum Gasteiger partial charge on any atom is -0.497 e. The number of nitrogens with one attached hydrogen (secondary N) is 2. The zero-order chi connectivity index (χ0) is 31.6. The first-order valence-electron chi connectivity index (χ1n) is 13.3. The number of aromatic nitrogens is 4. The van der Waals surface area contributed by atoms with Crippen LogP contribution >= 0.6 is 11.8 Å². The highest BCUT2D eigenvalue weighted by molar-refractivity contribution is 7.99. The summed E-state index contributed by atoms with van der Waals surface area (Å²) in [7, 11) is 6.23. The largest absolute Gasteiger partial charge is 0.497 e. The fourth-order valence-electron chi connectivity index (χ4n) is 4.06. The van der Waals surface area contributed by atoms with E-state index < -0.39 is 0 Å². The zero-order valence-corrected chi connectivity index (χ0v) is 26.0. The van der Waals surface area contributed by atoms with E-state index in [9.17, 15) is 9.59 Å². The van der Waals surface area contributed by atoms with Crippen LogP contribution < -0.4 is 34.5 Å². The molecule has 0 unspecified atom stereocenters. The smallest absolute Gasteiger partial charge is 0.236 e. The van der Waals surface area contributed by atoms with E-state index in [-0.39, 0.29) is 40.4 Å². The highest BCUT2D eigenvalue weighted by Crippen LogP contribution is 2.40. The Labute approximate surface area is 259 Å². The summed E-state index contributed by atoms with van der Waals surface area (Å²) >= 11 is 1.06. The molecule has 4 rings (SSSR count). The first-order valence-corrected chi connectivity index (χ1v) is 14.2. The maximum Gasteiger partial charge on any atom is 0.236 e. The van der Waals surface area contributed by atoms with E-state index in [2.05, 4.69) is 20.6 Å². The number of amides is 2. The number of carbonyl (C=O) groups is 2. The molecular formula is C30H33N7O6S. The van der Waals surface area contributed by atoms with Gasteiger partial charge in [-0.3, -0.25) is 9.59 Å². The van der Waals surface area contributed by atoms with Gasteiger partial charge in [0.25, 0.3) is 0 Å². The third kappa shape index (κ3) is 8.47. The highest BCUT2D eigenvalue weighted by atomic mass is 32.2. The summed E-state index contributed by atoms with van der Waals surface area (Å²) in [5.41, 5.74) is 2.01. The van der Waals surface area contributed by atoms with Crippen LogP contribution in [-0.2, 0) is 22.7 Å². The van der Waals surface area contributed by atoms with Crippen LogP contribution in [0.4, 0.5) is 17.6 Å². The van der Waals surface area contributed by atoms with Gasteiger partial charge in [0.1, 0.15) is 28.0 Å². The van der Waals surface area contributed by atoms with Gasteiger partial charge in [0.15, 0.2) is 5.16 Å². The number of rotatable bonds is 13. The molecule has 0 saturated heterocycles. The van der Waals surface area contributed by atoms with Crippen molar-refractivity contribution in [1.29, 1.82) is 0 Å². The number of methoxy groups -OCH3 is 4. The van der Waals surface area contributed by atoms with E-state index in [1.807, 2.05) is 53.4 Å². The van der Waals surface area contributed by atoms with E-state index in [0.29, 0.717) is 23.9 Å². The zero-order valence-electron chi connectivity index (χ0n) is 25.2. The molecule has 0 atom stereocenters. The normalized spacial score (nSPS) is 10.5. The van der Waals surface area contributed by atoms with Crippen LogP contribution in [0.5, 0.6) is 23.3 Å². The van der Waals surface area contributed by atoms with E-state index in [1.54, 1.807) is 14.2 Å². The first-order chi connectivity index (χ1) is 21.2. The summed E-state index contributed by atoms with van der Waals surface area (Å²) in [4.78, 5) is 44.1. The Hall–Kier alpha value is -5.11. The number of anilines is 3. The topological polar surface area (TPSA) is 150 Å². The fourth-order valence-corrected chi connectivity index (χ4v) is 4.96. The molecule has 2 heterocycles. The van der Waals surface area contributed by atoms with Crippen molar-refractivity contribution in [2.75, 3.05) is 44.0 Å². The van der Waals surface area contributed by atoms with Crippen molar-refractivity contribution in [3.63, 3.8) is 0 Å². The molecule has 0 aliphatic rings. The van der Waals surface area contributed by atoms with Crippen LogP contribution in [0.15, 0.2) is 64.6 Å². The maximum absolute atomic E-state index is 11.7. The molecule has 2 amide bonds. The van der Waals surface area contributed by atoms with Gasteiger partial charge in [-0.05, 0) is 47.2 Å². The van der Waals surface area contributed by atoms with Gasteiger partial charge in [-0.15, -0.1) is 0 Å². The van der Waals surface area contributed by atoms with Gasteiger partial charge in [0, 0.05) is 33.0 Å². The summed E-state index contributed by atoms with van der Waals surface area (Å²) < 4.78 is 22.0. The Morgan fingerprint density at radius 3 is 1.48 bits per heavy atom. The number of hydrogen-bond acceptors (Lipinski definition) is 12. The van der Waals surface area contributed by atoms with Gasteiger partial charge >= 0.3 is 0 Å². The molecule has 13 nitrogen and oxygen atoms in total. The molecule has 0 fully saturated rings. The molecule has 0 radical (unpaired) electrons. The number of benzene rings is 2. The van der Waals surface area contributed by atoms with Crippen LogP contribution in [-0.4, -0.2) is 60.2 Å². The predicted octanol–water partition coefficient (Wildman–Crippen LogP) is 4.58. The molecule has 0 bridgehead atoms. The average molecular weight is 620 g/mol. The van der Waals surface area contributed by atoms with Gasteiger partial charge in [0.05, 0.1) is 28.4 Å². The minimum absolute atomic E-state index is 0.196. The van der Waals surface area contributed by atoms with Crippen molar-refractivity contribution in [3.05, 3.63) is 65.7 Å². The summed E-state index contributed by atoms with van der Waals surface area (Å²) in [6.07, 6.45) is 0. The van der Waals surface area contributed by atoms with Gasteiger partial charge in [0.2, 0.25) is 29.5 Å². The van der Waals surface area contributed by atoms with Gasteiger partial charge in [-0.2, -0.15) is 9.97 Å². The van der Waals surface area contributed by atoms with E-state index in [4.69, 9.17) is 28.9 Å². The second kappa shape index (κ2) is 14.9. The molecule has 2 N–H and O–H groups in total. The van der Waals surface area contributed by atoms with Crippen molar-refractivity contribution < 1.29 is 28.5 Å². The number of nitrogens with zero attached hydrogens (tertiary/aromatic N) is 5. The standard InChI is InChI=1S/C30H33N7O6S/c1-18(38)31-24-15-25(32-19(2)39)34-30(33-24)44-26-27(42-5)35-29(36-28(26)43-6)37(16-20-7-11-22(40-3)12-8-20)17-21-9-13-23(41-4)14-10-21/h7-15H,16-17H2,1-6H3,(H2,31,32,33,34,38,39). The monoisotopic (exact) mass is 619 g/mol. The Bertz CT molecular complexity index is 1490. The lowest BCUT2D eigenvalue weighted by Gasteiger charge is -2.24. The molecule has 14 heteroatoms. The molecule has 2 aromatic heterocycles. The Kier molecular flexibility index (Phi) is 10.8. The summed E-state index contributed by atoms with van der Waals surface area (Å²) in [5, 5.41) is 5.43. The lowest BCUT2D eigenvalue weighted by molar-refractivity contribution is -0.115. The molecule has 0 saturated carbocycles. The van der Waals surface area contributed by atoms with Crippen LogP contribution in [0, 0.1) is 0 Å². The minimum atomic E-state index is -0.329. The second-order valence-electron chi connectivity index (χ2n) is 9.31. The van der Waals surface area contributed by atoms with Gasteiger partial charge < -0.3 is 34.5 Å². The number of carbonyl (C=O) groups excluding carboxylic acids is 2. The quantitative estimate of drug-likeness (QED) is 0.202. The van der Waals surface area contributed by atoms with Crippen LogP contribution in [0.3, 0.4) is 0 Å². The Balaban J connectivity index is 1.74. The van der Waals surface area contributed by atoms with E-state index in [1.165, 1.54) is 34.1 Å². The lowest BCUT2D eigenvalue weighted by Crippen LogP contribution is -2.25. The first kappa shape index (κ1) is 31.8. The average Bonchev–Trinajstić information content (AvgIpc) is 3.00. The van der Waals surface area contributed by atoms with Gasteiger partial charge in [-0.25, -0.2) is 9.97 Å². The number of hydrogen-bond donors (Lipinski definition) is 2. The third-order valence-electron chi connectivity index (χ3n) is 6.03. The molecule has 230 valence electrons. The fraction of sp³-hybridized carbons (Fsp3) is 0.267. The predicted molar refractivity (Wildman–Crippen MR) is 166 cm³/mol. The summed E-state index contributed by atoms with van der Waals surface area (Å²) in [6, 6.07) is 16.9. The maximum atomic E-state index is 11.7. The van der Waals surface area contributed by atoms with Crippen molar-refractivity contribution in [2.45, 2.75) is 37.0 Å². The molecule has 0 aliphatic carbocycles. The molecule has 0 spiro atoms. The Morgan fingerprint density at radius 2 is 1.11 bits per heavy atom. The second-order valence-corrected chi connectivity index (χ2v) is 10.3. The van der Waals surface area contributed by atoms with Crippen molar-refractivity contribution in [1.82, 2.24) is 19.9 Å². The van der Waals surface area contributed by atoms with Crippen molar-refractivity contribution in [3.8, 4) is 23.3 Å². The summed E-state index contributed by atoms with van der Waals surface area (Å²) in [6.45, 7) is 3.65. The van der Waals surface area contributed by atoms with Crippen molar-refractivity contribution >= 4 is 41.2 Å². The summed E-state index contributed by atoms with van der Waals surface area (Å²) in [5.74, 6) is 2.07. The Morgan fingerprint density at radius 1 is 0.682 bits per heavy atom. The van der Waals surface area contributed by atoms with Crippen LogP contribution in [0.25, 0.3) is 0 Å². The molecule has 44 heavy (non-hydrogen) atoms. The van der Waals surface area contributed by atoms with Crippen LogP contribution in [0.1, 0.15) is 25.0 Å². The van der Waals surface area contributed by atoms with E-state index in [0.717, 1.165) is 34.4 Å². The van der Waals surface area contributed by atoms with Crippen molar-refractivity contribution in [2.24, 2.45) is 0 Å². The lowest BCUT2D eigenvalue weighted by atomic mass is 10.1. The van der Waals surface area contributed by atoms with E-state index >= 15 is 0 Å². The molecule has 0 aliphatic heterocycles. The SMILES string of the molecule is COc1ccc(CN(Cc2ccc(OC)cc2)c2nc(OC)c(Sc3nc(NC(C)=O)cc(NC(C)=O)n3)c(OC)n2)cc1. The van der Waals surface area contributed by atoms with Crippen LogP contribution in [0.2, 0.25) is 0 Å². The molecule has 4 aromatic rings. The molecular weight excluding hydrogens is 586 g/mol.